The van der Waals surface area contributed by atoms with E-state index >= 15 is 0 Å². The zero-order valence-electron chi connectivity index (χ0n) is 16.5. The van der Waals surface area contributed by atoms with Crippen molar-refractivity contribution in [3.05, 3.63) is 0 Å². The van der Waals surface area contributed by atoms with E-state index in [0.29, 0.717) is 12.5 Å². The smallest absolute Gasteiger partial charge is 0.225 e. The topological polar surface area (TPSA) is 53.1 Å². The van der Waals surface area contributed by atoms with Crippen molar-refractivity contribution in [2.45, 2.75) is 52.0 Å². The molecule has 0 aromatic rings. The van der Waals surface area contributed by atoms with Gasteiger partial charge in [-0.05, 0) is 32.1 Å². The molecule has 2 heterocycles. The van der Waals surface area contributed by atoms with Gasteiger partial charge in [-0.2, -0.15) is 0 Å². The van der Waals surface area contributed by atoms with Gasteiger partial charge in [-0.15, -0.1) is 0 Å². The number of morpholine rings is 1. The number of hydrogen-bond donors (Lipinski definition) is 0. The van der Waals surface area contributed by atoms with E-state index in [2.05, 4.69) is 9.80 Å². The second-order valence-corrected chi connectivity index (χ2v) is 8.35. The molecule has 1 atom stereocenters. The predicted molar refractivity (Wildman–Crippen MR) is 101 cm³/mol. The Bertz CT molecular complexity index is 487. The number of nitrogens with zero attached hydrogens (tertiary/aromatic N) is 3. The Balaban J connectivity index is 1.56. The van der Waals surface area contributed by atoms with Gasteiger partial charge in [0, 0.05) is 57.1 Å². The van der Waals surface area contributed by atoms with Crippen molar-refractivity contribution in [2.24, 2.45) is 11.8 Å². The van der Waals surface area contributed by atoms with Crippen LogP contribution in [0.25, 0.3) is 0 Å². The van der Waals surface area contributed by atoms with E-state index in [1.165, 1.54) is 0 Å². The standard InChI is InChI=1S/C20H35N3O3/c1-16(2)19(24)22-9-3-5-18(15-22)23(20(25)17-6-7-17)10-4-8-21-11-13-26-14-12-21/h16-18H,3-15H2,1-2H3. The summed E-state index contributed by atoms with van der Waals surface area (Å²) in [7, 11) is 0. The highest BCUT2D eigenvalue weighted by atomic mass is 16.5. The van der Waals surface area contributed by atoms with Crippen LogP contribution in [0.1, 0.15) is 46.0 Å². The molecule has 2 amide bonds. The lowest BCUT2D eigenvalue weighted by molar-refractivity contribution is -0.142. The molecule has 2 saturated heterocycles. The quantitative estimate of drug-likeness (QED) is 0.688. The molecular formula is C20H35N3O3. The van der Waals surface area contributed by atoms with E-state index in [0.717, 1.165) is 78.0 Å². The van der Waals surface area contributed by atoms with Crippen molar-refractivity contribution < 1.29 is 14.3 Å². The Morgan fingerprint density at radius 2 is 1.85 bits per heavy atom. The molecule has 6 heteroatoms. The average Bonchev–Trinajstić information content (AvgIpc) is 3.50. The number of rotatable bonds is 7. The minimum Gasteiger partial charge on any atom is -0.379 e. The summed E-state index contributed by atoms with van der Waals surface area (Å²) in [5.74, 6) is 0.829. The number of carbonyl (C=O) groups excluding carboxylic acids is 2. The molecule has 148 valence electrons. The molecule has 0 N–H and O–H groups in total. The molecule has 6 nitrogen and oxygen atoms in total. The number of ether oxygens (including phenoxy) is 1. The van der Waals surface area contributed by atoms with Gasteiger partial charge in [0.15, 0.2) is 0 Å². The summed E-state index contributed by atoms with van der Waals surface area (Å²) >= 11 is 0. The van der Waals surface area contributed by atoms with Crippen LogP contribution < -0.4 is 0 Å². The maximum absolute atomic E-state index is 12.9. The summed E-state index contributed by atoms with van der Waals surface area (Å²) < 4.78 is 5.41. The fraction of sp³-hybridized carbons (Fsp3) is 0.900. The first-order valence-electron chi connectivity index (χ1n) is 10.5. The van der Waals surface area contributed by atoms with Crippen molar-refractivity contribution in [3.8, 4) is 0 Å². The molecule has 0 aromatic heterocycles. The maximum atomic E-state index is 12.9. The van der Waals surface area contributed by atoms with Gasteiger partial charge in [0.05, 0.1) is 13.2 Å². The zero-order chi connectivity index (χ0) is 18.5. The minimum atomic E-state index is 0.0302. The van der Waals surface area contributed by atoms with Crippen molar-refractivity contribution in [1.29, 1.82) is 0 Å². The second-order valence-electron chi connectivity index (χ2n) is 8.35. The van der Waals surface area contributed by atoms with Crippen molar-refractivity contribution in [3.63, 3.8) is 0 Å². The Hall–Kier alpha value is -1.14. The predicted octanol–water partition coefficient (Wildman–Crippen LogP) is 1.59. The van der Waals surface area contributed by atoms with Gasteiger partial charge < -0.3 is 14.5 Å². The molecular weight excluding hydrogens is 330 g/mol. The van der Waals surface area contributed by atoms with Gasteiger partial charge in [0.25, 0.3) is 0 Å². The third-order valence-electron chi connectivity index (χ3n) is 5.83. The number of hydrogen-bond acceptors (Lipinski definition) is 4. The summed E-state index contributed by atoms with van der Waals surface area (Å²) in [6.45, 7) is 11.0. The normalized spacial score (nSPS) is 24.7. The summed E-state index contributed by atoms with van der Waals surface area (Å²) in [4.78, 5) is 31.8. The lowest BCUT2D eigenvalue weighted by atomic mass is 10.0. The largest absolute Gasteiger partial charge is 0.379 e. The first-order chi connectivity index (χ1) is 12.6. The van der Waals surface area contributed by atoms with E-state index in [1.807, 2.05) is 18.7 Å². The molecule has 0 spiro atoms. The van der Waals surface area contributed by atoms with Crippen LogP contribution in [0, 0.1) is 11.8 Å². The molecule has 3 aliphatic rings. The number of carbonyl (C=O) groups is 2. The summed E-state index contributed by atoms with van der Waals surface area (Å²) in [6.07, 6.45) is 5.12. The van der Waals surface area contributed by atoms with Crippen LogP contribution in [0.2, 0.25) is 0 Å². The van der Waals surface area contributed by atoms with Crippen molar-refractivity contribution >= 4 is 11.8 Å². The Morgan fingerprint density at radius 3 is 2.50 bits per heavy atom. The molecule has 3 rings (SSSR count). The molecule has 3 fully saturated rings. The second kappa shape index (κ2) is 9.18. The summed E-state index contributed by atoms with van der Waals surface area (Å²) in [5.41, 5.74) is 0. The summed E-state index contributed by atoms with van der Waals surface area (Å²) in [6, 6.07) is 0.198. The number of piperidine rings is 1. The van der Waals surface area contributed by atoms with Crippen LogP contribution in [-0.4, -0.2) is 85.0 Å². The maximum Gasteiger partial charge on any atom is 0.225 e. The highest BCUT2D eigenvalue weighted by Gasteiger charge is 2.38. The fourth-order valence-corrected chi connectivity index (χ4v) is 4.10. The zero-order valence-corrected chi connectivity index (χ0v) is 16.5. The fourth-order valence-electron chi connectivity index (χ4n) is 4.10. The lowest BCUT2D eigenvalue weighted by Gasteiger charge is -2.40. The highest BCUT2D eigenvalue weighted by Crippen LogP contribution is 2.33. The van der Waals surface area contributed by atoms with Crippen LogP contribution in [0.3, 0.4) is 0 Å². The third kappa shape index (κ3) is 5.19. The first-order valence-corrected chi connectivity index (χ1v) is 10.5. The van der Waals surface area contributed by atoms with Crippen LogP contribution in [0.4, 0.5) is 0 Å². The highest BCUT2D eigenvalue weighted by molar-refractivity contribution is 5.82. The molecule has 1 saturated carbocycles. The van der Waals surface area contributed by atoms with Gasteiger partial charge in [0.2, 0.25) is 11.8 Å². The minimum absolute atomic E-state index is 0.0302. The third-order valence-corrected chi connectivity index (χ3v) is 5.83. The van der Waals surface area contributed by atoms with E-state index in [9.17, 15) is 9.59 Å². The monoisotopic (exact) mass is 365 g/mol. The Morgan fingerprint density at radius 1 is 1.12 bits per heavy atom. The van der Waals surface area contributed by atoms with E-state index in [-0.39, 0.29) is 23.8 Å². The van der Waals surface area contributed by atoms with Gasteiger partial charge in [-0.1, -0.05) is 13.8 Å². The van der Waals surface area contributed by atoms with Gasteiger partial charge in [0.1, 0.15) is 0 Å². The molecule has 0 bridgehead atoms. The molecule has 26 heavy (non-hydrogen) atoms. The Labute approximate surface area is 157 Å². The Kier molecular flexibility index (Phi) is 6.92. The van der Waals surface area contributed by atoms with Gasteiger partial charge in [-0.3, -0.25) is 14.5 Å². The molecule has 1 aliphatic carbocycles. The first kappa shape index (κ1) is 19.6. The van der Waals surface area contributed by atoms with Gasteiger partial charge >= 0.3 is 0 Å². The van der Waals surface area contributed by atoms with Crippen LogP contribution >= 0.6 is 0 Å². The average molecular weight is 366 g/mol. The summed E-state index contributed by atoms with van der Waals surface area (Å²) in [5, 5.41) is 0. The number of amides is 2. The SMILES string of the molecule is CC(C)C(=O)N1CCCC(N(CCCN2CCOCC2)C(=O)C2CC2)C1. The number of likely N-dealkylation sites (tertiary alicyclic amines) is 1. The molecule has 1 unspecified atom stereocenters. The van der Waals surface area contributed by atoms with Crippen LogP contribution in [0.15, 0.2) is 0 Å². The van der Waals surface area contributed by atoms with Crippen LogP contribution in [-0.2, 0) is 14.3 Å². The van der Waals surface area contributed by atoms with Gasteiger partial charge in [-0.25, -0.2) is 0 Å². The molecule has 2 aliphatic heterocycles. The van der Waals surface area contributed by atoms with E-state index < -0.39 is 0 Å². The van der Waals surface area contributed by atoms with Crippen molar-refractivity contribution in [1.82, 2.24) is 14.7 Å². The van der Waals surface area contributed by atoms with E-state index in [4.69, 9.17) is 4.74 Å². The molecule has 0 radical (unpaired) electrons. The van der Waals surface area contributed by atoms with Crippen LogP contribution in [0.5, 0.6) is 0 Å². The van der Waals surface area contributed by atoms with E-state index in [1.54, 1.807) is 0 Å². The molecule has 0 aromatic carbocycles. The van der Waals surface area contributed by atoms with Crippen molar-refractivity contribution in [2.75, 3.05) is 52.5 Å². The lowest BCUT2D eigenvalue weighted by Crippen LogP contribution is -2.53.